The molecule has 1 unspecified atom stereocenters. The van der Waals surface area contributed by atoms with Crippen LogP contribution in [0.2, 0.25) is 0 Å². The summed E-state index contributed by atoms with van der Waals surface area (Å²) in [6.45, 7) is 5.05. The highest BCUT2D eigenvalue weighted by Gasteiger charge is 2.22. The van der Waals surface area contributed by atoms with Crippen molar-refractivity contribution in [1.82, 2.24) is 5.32 Å². The number of nitrogens with one attached hydrogen (secondary N) is 1. The molecule has 0 spiro atoms. The topological polar surface area (TPSA) is 47.3 Å². The van der Waals surface area contributed by atoms with E-state index in [1.165, 1.54) is 18.4 Å². The number of benzene rings is 1. The Morgan fingerprint density at radius 1 is 1.44 bits per heavy atom. The molecule has 100 valence electrons. The number of hydrogen-bond acceptors (Lipinski definition) is 3. The van der Waals surface area contributed by atoms with Gasteiger partial charge in [-0.05, 0) is 50.3 Å². The molecule has 1 fully saturated rings. The normalized spacial score (nSPS) is 16.6. The zero-order chi connectivity index (χ0) is 13.0. The number of anilines is 1. The molecule has 1 aromatic carbocycles. The number of hydrogen-bond donors (Lipinski definition) is 2. The highest BCUT2D eigenvalue weighted by Crippen LogP contribution is 2.24. The summed E-state index contributed by atoms with van der Waals surface area (Å²) in [4.78, 5) is 0. The highest BCUT2D eigenvalue weighted by molar-refractivity contribution is 5.54. The predicted octanol–water partition coefficient (Wildman–Crippen LogP) is 2.74. The van der Waals surface area contributed by atoms with Gasteiger partial charge in [-0.25, -0.2) is 0 Å². The van der Waals surface area contributed by atoms with Crippen LogP contribution in [0.4, 0.5) is 5.69 Å². The molecule has 1 aromatic rings. The van der Waals surface area contributed by atoms with Crippen LogP contribution in [-0.4, -0.2) is 18.7 Å². The Balaban J connectivity index is 1.90. The lowest BCUT2D eigenvalue weighted by Gasteiger charge is -2.14. The second-order valence-electron chi connectivity index (χ2n) is 5.27. The van der Waals surface area contributed by atoms with Gasteiger partial charge in [0.1, 0.15) is 5.75 Å². The SMILES string of the molecule is CCCOc1ccc(CC(C)NC2CC2)cc1N. The Morgan fingerprint density at radius 2 is 2.22 bits per heavy atom. The largest absolute Gasteiger partial charge is 0.491 e. The van der Waals surface area contributed by atoms with Gasteiger partial charge in [-0.3, -0.25) is 0 Å². The van der Waals surface area contributed by atoms with E-state index in [4.69, 9.17) is 10.5 Å². The summed E-state index contributed by atoms with van der Waals surface area (Å²) in [5, 5.41) is 3.60. The van der Waals surface area contributed by atoms with E-state index in [0.717, 1.165) is 36.9 Å². The maximum atomic E-state index is 6.01. The lowest BCUT2D eigenvalue weighted by atomic mass is 10.1. The Hall–Kier alpha value is -1.22. The number of rotatable bonds is 7. The molecular weight excluding hydrogens is 224 g/mol. The van der Waals surface area contributed by atoms with Gasteiger partial charge in [0.15, 0.2) is 0 Å². The first-order valence-corrected chi connectivity index (χ1v) is 6.96. The quantitative estimate of drug-likeness (QED) is 0.729. The summed E-state index contributed by atoms with van der Waals surface area (Å²) in [7, 11) is 0. The van der Waals surface area contributed by atoms with E-state index in [9.17, 15) is 0 Å². The molecular formula is C15H24N2O. The summed E-state index contributed by atoms with van der Waals surface area (Å²) < 4.78 is 5.58. The molecule has 0 bridgehead atoms. The van der Waals surface area contributed by atoms with E-state index >= 15 is 0 Å². The molecule has 3 N–H and O–H groups in total. The first-order valence-electron chi connectivity index (χ1n) is 6.96. The van der Waals surface area contributed by atoms with Crippen LogP contribution in [-0.2, 0) is 6.42 Å². The van der Waals surface area contributed by atoms with Gasteiger partial charge in [0.05, 0.1) is 12.3 Å². The van der Waals surface area contributed by atoms with E-state index in [2.05, 4.69) is 25.2 Å². The first kappa shape index (κ1) is 13.2. The van der Waals surface area contributed by atoms with Crippen molar-refractivity contribution in [3.8, 4) is 5.75 Å². The zero-order valence-corrected chi connectivity index (χ0v) is 11.4. The van der Waals surface area contributed by atoms with Crippen molar-refractivity contribution in [2.24, 2.45) is 0 Å². The van der Waals surface area contributed by atoms with Gasteiger partial charge in [0.25, 0.3) is 0 Å². The van der Waals surface area contributed by atoms with Crippen molar-refractivity contribution in [2.75, 3.05) is 12.3 Å². The van der Waals surface area contributed by atoms with Gasteiger partial charge < -0.3 is 15.8 Å². The molecule has 0 radical (unpaired) electrons. The lowest BCUT2D eigenvalue weighted by Crippen LogP contribution is -2.29. The second kappa shape index (κ2) is 6.10. The van der Waals surface area contributed by atoms with Crippen LogP contribution in [0, 0.1) is 0 Å². The van der Waals surface area contributed by atoms with E-state index in [-0.39, 0.29) is 0 Å². The summed E-state index contributed by atoms with van der Waals surface area (Å²) in [5.41, 5.74) is 8.03. The molecule has 0 saturated heterocycles. The standard InChI is InChI=1S/C15H24N2O/c1-3-8-18-15-7-4-12(10-14(15)16)9-11(2)17-13-5-6-13/h4,7,10-11,13,17H,3,5-6,8-9,16H2,1-2H3. The maximum absolute atomic E-state index is 6.01. The smallest absolute Gasteiger partial charge is 0.142 e. The van der Waals surface area contributed by atoms with Crippen molar-refractivity contribution in [3.63, 3.8) is 0 Å². The van der Waals surface area contributed by atoms with Crippen molar-refractivity contribution < 1.29 is 4.74 Å². The number of nitrogens with two attached hydrogens (primary N) is 1. The van der Waals surface area contributed by atoms with Crippen LogP contribution in [0.25, 0.3) is 0 Å². The van der Waals surface area contributed by atoms with E-state index in [0.29, 0.717) is 6.04 Å². The third-order valence-corrected chi connectivity index (χ3v) is 3.18. The van der Waals surface area contributed by atoms with Crippen LogP contribution < -0.4 is 15.8 Å². The predicted molar refractivity (Wildman–Crippen MR) is 76.0 cm³/mol. The van der Waals surface area contributed by atoms with Gasteiger partial charge in [-0.1, -0.05) is 13.0 Å². The fraction of sp³-hybridized carbons (Fsp3) is 0.600. The van der Waals surface area contributed by atoms with Gasteiger partial charge in [-0.2, -0.15) is 0 Å². The lowest BCUT2D eigenvalue weighted by molar-refractivity contribution is 0.319. The van der Waals surface area contributed by atoms with E-state index in [1.807, 2.05) is 12.1 Å². The third kappa shape index (κ3) is 3.91. The maximum Gasteiger partial charge on any atom is 0.142 e. The Morgan fingerprint density at radius 3 is 2.83 bits per heavy atom. The molecule has 0 aliphatic heterocycles. The Bertz CT molecular complexity index is 388. The van der Waals surface area contributed by atoms with E-state index in [1.54, 1.807) is 0 Å². The molecule has 0 amide bonds. The Kier molecular flexibility index (Phi) is 4.48. The summed E-state index contributed by atoms with van der Waals surface area (Å²) in [6.07, 6.45) is 4.69. The minimum absolute atomic E-state index is 0.513. The summed E-state index contributed by atoms with van der Waals surface area (Å²) in [5.74, 6) is 0.809. The van der Waals surface area contributed by atoms with Crippen LogP contribution in [0.5, 0.6) is 5.75 Å². The van der Waals surface area contributed by atoms with Gasteiger partial charge in [0.2, 0.25) is 0 Å². The minimum atomic E-state index is 0.513. The van der Waals surface area contributed by atoms with Crippen molar-refractivity contribution in [1.29, 1.82) is 0 Å². The second-order valence-corrected chi connectivity index (χ2v) is 5.27. The molecule has 1 aliphatic carbocycles. The van der Waals surface area contributed by atoms with E-state index < -0.39 is 0 Å². The molecule has 0 heterocycles. The number of ether oxygens (including phenoxy) is 1. The average molecular weight is 248 g/mol. The van der Waals surface area contributed by atoms with Gasteiger partial charge in [0, 0.05) is 12.1 Å². The molecule has 1 saturated carbocycles. The fourth-order valence-electron chi connectivity index (χ4n) is 2.13. The minimum Gasteiger partial charge on any atom is -0.491 e. The summed E-state index contributed by atoms with van der Waals surface area (Å²) >= 11 is 0. The zero-order valence-electron chi connectivity index (χ0n) is 11.4. The molecule has 0 aromatic heterocycles. The highest BCUT2D eigenvalue weighted by atomic mass is 16.5. The van der Waals surface area contributed by atoms with Gasteiger partial charge >= 0.3 is 0 Å². The average Bonchev–Trinajstić information content (AvgIpc) is 3.12. The fourth-order valence-corrected chi connectivity index (χ4v) is 2.13. The molecule has 1 atom stereocenters. The number of nitrogen functional groups attached to an aromatic ring is 1. The monoisotopic (exact) mass is 248 g/mol. The van der Waals surface area contributed by atoms with Crippen molar-refractivity contribution >= 4 is 5.69 Å². The van der Waals surface area contributed by atoms with Crippen LogP contribution >= 0.6 is 0 Å². The van der Waals surface area contributed by atoms with Crippen LogP contribution in [0.15, 0.2) is 18.2 Å². The third-order valence-electron chi connectivity index (χ3n) is 3.18. The summed E-state index contributed by atoms with van der Waals surface area (Å²) in [6, 6.07) is 7.41. The molecule has 3 heteroatoms. The molecule has 1 aliphatic rings. The van der Waals surface area contributed by atoms with Crippen LogP contribution in [0.3, 0.4) is 0 Å². The first-order chi connectivity index (χ1) is 8.69. The molecule has 2 rings (SSSR count). The molecule has 18 heavy (non-hydrogen) atoms. The van der Waals surface area contributed by atoms with Crippen LogP contribution in [0.1, 0.15) is 38.7 Å². The van der Waals surface area contributed by atoms with Crippen molar-refractivity contribution in [2.45, 2.75) is 51.6 Å². The Labute approximate surface area is 110 Å². The van der Waals surface area contributed by atoms with Crippen molar-refractivity contribution in [3.05, 3.63) is 23.8 Å². The molecule has 3 nitrogen and oxygen atoms in total. The van der Waals surface area contributed by atoms with Gasteiger partial charge in [-0.15, -0.1) is 0 Å².